The second-order valence-electron chi connectivity index (χ2n) is 7.49. The highest BCUT2D eigenvalue weighted by atomic mass is 32.1. The van der Waals surface area contributed by atoms with Crippen molar-refractivity contribution in [2.45, 2.75) is 40.0 Å². The number of benzene rings is 1. The topological polar surface area (TPSA) is 57.7 Å². The first-order valence-electron chi connectivity index (χ1n) is 10.9. The number of nitrogens with zero attached hydrogens (tertiary/aromatic N) is 3. The molecule has 1 aromatic carbocycles. The maximum absolute atomic E-state index is 12.5. The second kappa shape index (κ2) is 10.8. The predicted octanol–water partition coefficient (Wildman–Crippen LogP) is 3.76. The second-order valence-corrected chi connectivity index (χ2v) is 8.50. The molecule has 2 aromatic rings. The molecule has 1 amide bonds. The largest absolute Gasteiger partial charge is 0.494 e. The Labute approximate surface area is 178 Å². The summed E-state index contributed by atoms with van der Waals surface area (Å²) in [7, 11) is 0. The molecule has 29 heavy (non-hydrogen) atoms. The van der Waals surface area contributed by atoms with Crippen molar-refractivity contribution in [2.75, 3.05) is 50.8 Å². The molecule has 0 bridgehead atoms. The van der Waals surface area contributed by atoms with Gasteiger partial charge >= 0.3 is 0 Å². The van der Waals surface area contributed by atoms with E-state index in [9.17, 15) is 4.79 Å². The molecule has 0 unspecified atom stereocenters. The van der Waals surface area contributed by atoms with Gasteiger partial charge in [0.05, 0.1) is 16.8 Å². The summed E-state index contributed by atoms with van der Waals surface area (Å²) in [6.45, 7) is 12.8. The molecule has 1 aliphatic heterocycles. The van der Waals surface area contributed by atoms with Crippen LogP contribution >= 0.6 is 11.3 Å². The van der Waals surface area contributed by atoms with Gasteiger partial charge in [-0.15, -0.1) is 0 Å². The Morgan fingerprint density at radius 1 is 1.28 bits per heavy atom. The average molecular weight is 419 g/mol. The molecule has 160 valence electrons. The number of carbonyl (C=O) groups excluding carboxylic acids is 1. The number of piperidine rings is 1. The molecular formula is C22H34N4O2S. The third-order valence-electron chi connectivity index (χ3n) is 5.64. The lowest BCUT2D eigenvalue weighted by atomic mass is 9.96. The van der Waals surface area contributed by atoms with E-state index in [4.69, 9.17) is 9.72 Å². The van der Waals surface area contributed by atoms with Gasteiger partial charge in [-0.3, -0.25) is 4.79 Å². The van der Waals surface area contributed by atoms with E-state index in [1.165, 1.54) is 0 Å². The maximum Gasteiger partial charge on any atom is 0.223 e. The third kappa shape index (κ3) is 5.82. The minimum Gasteiger partial charge on any atom is -0.494 e. The molecule has 0 spiro atoms. The molecule has 1 fully saturated rings. The highest BCUT2D eigenvalue weighted by molar-refractivity contribution is 7.22. The first-order valence-corrected chi connectivity index (χ1v) is 11.7. The quantitative estimate of drug-likeness (QED) is 0.596. The Morgan fingerprint density at radius 3 is 2.72 bits per heavy atom. The normalized spacial score (nSPS) is 15.2. The summed E-state index contributed by atoms with van der Waals surface area (Å²) < 4.78 is 6.75. The number of rotatable bonds is 10. The number of ether oxygens (including phenoxy) is 1. The third-order valence-corrected chi connectivity index (χ3v) is 6.72. The van der Waals surface area contributed by atoms with E-state index >= 15 is 0 Å². The van der Waals surface area contributed by atoms with Crippen LogP contribution in [0.5, 0.6) is 5.75 Å². The Balaban J connectivity index is 1.46. The molecular weight excluding hydrogens is 384 g/mol. The molecule has 0 radical (unpaired) electrons. The summed E-state index contributed by atoms with van der Waals surface area (Å²) in [4.78, 5) is 22.0. The first-order chi connectivity index (χ1) is 14.1. The van der Waals surface area contributed by atoms with Gasteiger partial charge in [-0.25, -0.2) is 4.98 Å². The monoisotopic (exact) mass is 418 g/mol. The van der Waals surface area contributed by atoms with Gasteiger partial charge in [0.1, 0.15) is 5.75 Å². The standard InChI is InChI=1S/C22H34N4O2S/c1-4-25(5-2)13-7-12-23-21(27)17-10-14-26(15-11-17)22-24-19-9-8-18(28-6-3)16-20(19)29-22/h8-9,16-17H,4-7,10-15H2,1-3H3,(H,23,27). The number of hydrogen-bond donors (Lipinski definition) is 1. The molecule has 1 aromatic heterocycles. The molecule has 0 saturated carbocycles. The Hall–Kier alpha value is -1.86. The minimum atomic E-state index is 0.124. The van der Waals surface area contributed by atoms with Crippen LogP contribution in [-0.2, 0) is 4.79 Å². The van der Waals surface area contributed by atoms with E-state index in [0.29, 0.717) is 6.61 Å². The number of anilines is 1. The van der Waals surface area contributed by atoms with E-state index in [-0.39, 0.29) is 11.8 Å². The van der Waals surface area contributed by atoms with E-state index < -0.39 is 0 Å². The van der Waals surface area contributed by atoms with Crippen LogP contribution in [-0.4, -0.2) is 61.7 Å². The summed E-state index contributed by atoms with van der Waals surface area (Å²) >= 11 is 1.71. The van der Waals surface area contributed by atoms with Crippen molar-refractivity contribution < 1.29 is 9.53 Å². The van der Waals surface area contributed by atoms with Crippen LogP contribution in [0.2, 0.25) is 0 Å². The lowest BCUT2D eigenvalue weighted by Crippen LogP contribution is -2.41. The van der Waals surface area contributed by atoms with Gasteiger partial charge in [0.25, 0.3) is 0 Å². The Bertz CT molecular complexity index is 782. The number of thiazole rings is 1. The van der Waals surface area contributed by atoms with Crippen molar-refractivity contribution >= 4 is 32.6 Å². The summed E-state index contributed by atoms with van der Waals surface area (Å²) in [6, 6.07) is 6.07. The van der Waals surface area contributed by atoms with Gasteiger partial charge < -0.3 is 19.9 Å². The van der Waals surface area contributed by atoms with Crippen molar-refractivity contribution in [1.82, 2.24) is 15.2 Å². The molecule has 7 heteroatoms. The molecule has 1 aliphatic rings. The summed E-state index contributed by atoms with van der Waals surface area (Å²) in [5, 5.41) is 4.19. The summed E-state index contributed by atoms with van der Waals surface area (Å²) in [5.74, 6) is 1.24. The minimum absolute atomic E-state index is 0.124. The smallest absolute Gasteiger partial charge is 0.223 e. The van der Waals surface area contributed by atoms with E-state index in [1.54, 1.807) is 11.3 Å². The zero-order valence-electron chi connectivity index (χ0n) is 17.9. The van der Waals surface area contributed by atoms with E-state index in [0.717, 1.165) is 79.6 Å². The van der Waals surface area contributed by atoms with Crippen LogP contribution in [0, 0.1) is 5.92 Å². The molecule has 3 rings (SSSR count). The highest BCUT2D eigenvalue weighted by Gasteiger charge is 2.26. The van der Waals surface area contributed by atoms with Crippen molar-refractivity contribution in [3.8, 4) is 5.75 Å². The Kier molecular flexibility index (Phi) is 8.12. The number of amides is 1. The summed E-state index contributed by atoms with van der Waals surface area (Å²) in [6.07, 6.45) is 2.80. The van der Waals surface area contributed by atoms with Crippen molar-refractivity contribution in [3.05, 3.63) is 18.2 Å². The fraction of sp³-hybridized carbons (Fsp3) is 0.636. The van der Waals surface area contributed by atoms with Crippen LogP contribution in [0.4, 0.5) is 5.13 Å². The number of fused-ring (bicyclic) bond motifs is 1. The SMILES string of the molecule is CCOc1ccc2nc(N3CCC(C(=O)NCCCN(CC)CC)CC3)sc2c1. The zero-order chi connectivity index (χ0) is 20.6. The van der Waals surface area contributed by atoms with Gasteiger partial charge in [0.2, 0.25) is 5.91 Å². The Morgan fingerprint density at radius 2 is 2.03 bits per heavy atom. The average Bonchev–Trinajstić information content (AvgIpc) is 3.17. The van der Waals surface area contributed by atoms with Crippen LogP contribution < -0.4 is 15.0 Å². The van der Waals surface area contributed by atoms with Gasteiger partial charge in [-0.1, -0.05) is 25.2 Å². The molecule has 1 saturated heterocycles. The fourth-order valence-electron chi connectivity index (χ4n) is 3.82. The van der Waals surface area contributed by atoms with Crippen molar-refractivity contribution in [2.24, 2.45) is 5.92 Å². The maximum atomic E-state index is 12.5. The summed E-state index contributed by atoms with van der Waals surface area (Å²) in [5.41, 5.74) is 1.02. The number of nitrogens with one attached hydrogen (secondary N) is 1. The number of hydrogen-bond acceptors (Lipinski definition) is 6. The first kappa shape index (κ1) is 21.8. The van der Waals surface area contributed by atoms with E-state index in [1.807, 2.05) is 19.1 Å². The lowest BCUT2D eigenvalue weighted by molar-refractivity contribution is -0.125. The van der Waals surface area contributed by atoms with Gasteiger partial charge in [0, 0.05) is 25.6 Å². The predicted molar refractivity (Wildman–Crippen MR) is 121 cm³/mol. The molecule has 6 nitrogen and oxygen atoms in total. The molecule has 0 atom stereocenters. The fourth-order valence-corrected chi connectivity index (χ4v) is 4.86. The van der Waals surface area contributed by atoms with Crippen LogP contribution in [0.25, 0.3) is 10.2 Å². The van der Waals surface area contributed by atoms with Crippen LogP contribution in [0.15, 0.2) is 18.2 Å². The van der Waals surface area contributed by atoms with Gasteiger partial charge in [-0.2, -0.15) is 0 Å². The molecule has 1 N–H and O–H groups in total. The lowest BCUT2D eigenvalue weighted by Gasteiger charge is -2.31. The van der Waals surface area contributed by atoms with Crippen molar-refractivity contribution in [1.29, 1.82) is 0 Å². The number of carbonyl (C=O) groups is 1. The number of aromatic nitrogens is 1. The highest BCUT2D eigenvalue weighted by Crippen LogP contribution is 2.33. The molecule has 2 heterocycles. The van der Waals surface area contributed by atoms with Gasteiger partial charge in [-0.05, 0) is 64.0 Å². The zero-order valence-corrected chi connectivity index (χ0v) is 18.8. The molecule has 0 aliphatic carbocycles. The van der Waals surface area contributed by atoms with E-state index in [2.05, 4.69) is 35.0 Å². The van der Waals surface area contributed by atoms with Gasteiger partial charge in [0.15, 0.2) is 5.13 Å². The van der Waals surface area contributed by atoms with Crippen LogP contribution in [0.1, 0.15) is 40.0 Å². The van der Waals surface area contributed by atoms with Crippen LogP contribution in [0.3, 0.4) is 0 Å². The van der Waals surface area contributed by atoms with Crippen molar-refractivity contribution in [3.63, 3.8) is 0 Å².